The normalized spacial score (nSPS) is 36.3. The molecule has 1 fully saturated rings. The van der Waals surface area contributed by atoms with E-state index in [1.807, 2.05) is 0 Å². The molecule has 0 radical (unpaired) electrons. The summed E-state index contributed by atoms with van der Waals surface area (Å²) in [5, 5.41) is 21.0. The Labute approximate surface area is 71.6 Å². The van der Waals surface area contributed by atoms with Gasteiger partial charge in [-0.15, -0.1) is 0 Å². The average Bonchev–Trinajstić information content (AvgIpc) is 2.04. The smallest absolute Gasteiger partial charge is 0.323 e. The van der Waals surface area contributed by atoms with Crippen LogP contribution in [0.2, 0.25) is 0 Å². The molecule has 0 spiro atoms. The number of likely N-dealkylation sites (N-methyl/N-ethyl adjacent to an activating group) is 1. The molecule has 0 aromatic heterocycles. The van der Waals surface area contributed by atoms with Crippen molar-refractivity contribution in [3.63, 3.8) is 0 Å². The molecule has 12 heavy (non-hydrogen) atoms. The highest BCUT2D eigenvalue weighted by Gasteiger charge is 2.41. The molecule has 0 aromatic rings. The lowest BCUT2D eigenvalue weighted by atomic mass is 9.80. The number of hydrogen-bond acceptors (Lipinski definition) is 3. The summed E-state index contributed by atoms with van der Waals surface area (Å²) >= 11 is 0. The zero-order valence-corrected chi connectivity index (χ0v) is 7.21. The first-order chi connectivity index (χ1) is 5.60. The van der Waals surface area contributed by atoms with Crippen molar-refractivity contribution in [3.8, 4) is 0 Å². The van der Waals surface area contributed by atoms with Crippen LogP contribution in [0.4, 0.5) is 0 Å². The van der Waals surface area contributed by atoms with Gasteiger partial charge >= 0.3 is 5.97 Å². The van der Waals surface area contributed by atoms with Crippen molar-refractivity contribution < 1.29 is 15.0 Å². The van der Waals surface area contributed by atoms with Crippen LogP contribution in [0.15, 0.2) is 0 Å². The molecule has 0 bridgehead atoms. The molecular formula is C8H15NO3. The van der Waals surface area contributed by atoms with E-state index in [-0.39, 0.29) is 0 Å². The third kappa shape index (κ3) is 1.59. The van der Waals surface area contributed by atoms with Crippen LogP contribution in [0.3, 0.4) is 0 Å². The predicted octanol–water partition coefficient (Wildman–Crippen LogP) is -0.0359. The van der Waals surface area contributed by atoms with Gasteiger partial charge in [0.15, 0.2) is 0 Å². The summed E-state index contributed by atoms with van der Waals surface area (Å²) in [5.41, 5.74) is -0.891. The molecular weight excluding hydrogens is 158 g/mol. The zero-order chi connectivity index (χ0) is 9.19. The van der Waals surface area contributed by atoms with Crippen LogP contribution in [0.1, 0.15) is 25.7 Å². The molecule has 0 amide bonds. The maximum absolute atomic E-state index is 10.9. The molecule has 1 aliphatic carbocycles. The Morgan fingerprint density at radius 3 is 2.67 bits per heavy atom. The van der Waals surface area contributed by atoms with E-state index in [9.17, 15) is 9.90 Å². The molecule has 0 heterocycles. The van der Waals surface area contributed by atoms with Gasteiger partial charge in [0.05, 0.1) is 6.10 Å². The first-order valence-electron chi connectivity index (χ1n) is 4.21. The second-order valence-electron chi connectivity index (χ2n) is 3.39. The van der Waals surface area contributed by atoms with E-state index >= 15 is 0 Å². The van der Waals surface area contributed by atoms with Gasteiger partial charge in [-0.25, -0.2) is 0 Å². The molecule has 2 unspecified atom stereocenters. The van der Waals surface area contributed by atoms with Crippen LogP contribution in [0.5, 0.6) is 0 Å². The highest BCUT2D eigenvalue weighted by Crippen LogP contribution is 2.28. The van der Waals surface area contributed by atoms with Gasteiger partial charge in [0, 0.05) is 6.42 Å². The number of carboxylic acids is 1. The van der Waals surface area contributed by atoms with Gasteiger partial charge in [-0.1, -0.05) is 0 Å². The van der Waals surface area contributed by atoms with Crippen molar-refractivity contribution in [1.82, 2.24) is 5.32 Å². The van der Waals surface area contributed by atoms with E-state index in [0.29, 0.717) is 12.8 Å². The second kappa shape index (κ2) is 3.41. The van der Waals surface area contributed by atoms with Gasteiger partial charge in [-0.05, 0) is 26.3 Å². The van der Waals surface area contributed by atoms with Crippen LogP contribution in [0, 0.1) is 0 Å². The van der Waals surface area contributed by atoms with Crippen molar-refractivity contribution in [2.24, 2.45) is 0 Å². The lowest BCUT2D eigenvalue weighted by molar-refractivity contribution is -0.147. The Morgan fingerprint density at radius 2 is 2.33 bits per heavy atom. The summed E-state index contributed by atoms with van der Waals surface area (Å²) in [4.78, 5) is 10.9. The minimum atomic E-state index is -0.891. The topological polar surface area (TPSA) is 69.6 Å². The Kier molecular flexibility index (Phi) is 2.69. The highest BCUT2D eigenvalue weighted by atomic mass is 16.4. The summed E-state index contributed by atoms with van der Waals surface area (Å²) in [6.07, 6.45) is 1.95. The molecule has 1 aliphatic rings. The molecule has 1 rings (SSSR count). The maximum Gasteiger partial charge on any atom is 0.323 e. The Bertz CT molecular complexity index is 183. The van der Waals surface area contributed by atoms with Gasteiger partial charge in [-0.2, -0.15) is 0 Å². The fourth-order valence-corrected chi connectivity index (χ4v) is 1.77. The Hall–Kier alpha value is -0.610. The van der Waals surface area contributed by atoms with Crippen LogP contribution < -0.4 is 5.32 Å². The predicted molar refractivity (Wildman–Crippen MR) is 43.9 cm³/mol. The maximum atomic E-state index is 10.9. The fourth-order valence-electron chi connectivity index (χ4n) is 1.77. The summed E-state index contributed by atoms with van der Waals surface area (Å²) in [6.45, 7) is 0. The summed E-state index contributed by atoms with van der Waals surface area (Å²) in [6, 6.07) is 0. The van der Waals surface area contributed by atoms with Crippen molar-refractivity contribution in [2.45, 2.75) is 37.3 Å². The van der Waals surface area contributed by atoms with Crippen molar-refractivity contribution in [3.05, 3.63) is 0 Å². The van der Waals surface area contributed by atoms with Crippen molar-refractivity contribution in [2.75, 3.05) is 7.05 Å². The molecule has 0 saturated heterocycles. The number of nitrogens with one attached hydrogen (secondary N) is 1. The molecule has 4 heteroatoms. The van der Waals surface area contributed by atoms with Crippen LogP contribution in [-0.2, 0) is 4.79 Å². The molecule has 1 saturated carbocycles. The number of aliphatic carboxylic acids is 1. The van der Waals surface area contributed by atoms with Gasteiger partial charge < -0.3 is 15.5 Å². The number of aliphatic hydroxyl groups is 1. The van der Waals surface area contributed by atoms with E-state index < -0.39 is 17.6 Å². The summed E-state index contributed by atoms with van der Waals surface area (Å²) < 4.78 is 0. The number of carboxylic acid groups (broad SMARTS) is 1. The monoisotopic (exact) mass is 173 g/mol. The van der Waals surface area contributed by atoms with Crippen molar-refractivity contribution >= 4 is 5.97 Å². The van der Waals surface area contributed by atoms with E-state index in [1.165, 1.54) is 0 Å². The fraction of sp³-hybridized carbons (Fsp3) is 0.875. The van der Waals surface area contributed by atoms with Crippen molar-refractivity contribution in [1.29, 1.82) is 0 Å². The van der Waals surface area contributed by atoms with Crippen LogP contribution >= 0.6 is 0 Å². The van der Waals surface area contributed by atoms with Crippen LogP contribution in [0.25, 0.3) is 0 Å². The second-order valence-corrected chi connectivity index (χ2v) is 3.39. The number of aliphatic hydroxyl groups excluding tert-OH is 1. The molecule has 3 N–H and O–H groups in total. The zero-order valence-electron chi connectivity index (χ0n) is 7.21. The number of hydrogen-bond donors (Lipinski definition) is 3. The standard InChI is InChI=1S/C8H15NO3/c1-9-8(7(11)12)4-2-3-6(10)5-8/h6,9-10H,2-5H2,1H3,(H,11,12). The first kappa shape index (κ1) is 9.48. The molecule has 0 aliphatic heterocycles. The van der Waals surface area contributed by atoms with Gasteiger partial charge in [0.2, 0.25) is 0 Å². The molecule has 0 aromatic carbocycles. The number of rotatable bonds is 2. The van der Waals surface area contributed by atoms with E-state index in [1.54, 1.807) is 7.05 Å². The van der Waals surface area contributed by atoms with E-state index in [4.69, 9.17) is 5.11 Å². The quantitative estimate of drug-likeness (QED) is 0.548. The summed E-state index contributed by atoms with van der Waals surface area (Å²) in [7, 11) is 1.63. The minimum absolute atomic E-state index is 0.318. The molecule has 4 nitrogen and oxygen atoms in total. The number of carbonyl (C=O) groups is 1. The third-order valence-corrected chi connectivity index (χ3v) is 2.61. The average molecular weight is 173 g/mol. The minimum Gasteiger partial charge on any atom is -0.480 e. The molecule has 70 valence electrons. The van der Waals surface area contributed by atoms with Gasteiger partial charge in [0.25, 0.3) is 0 Å². The summed E-state index contributed by atoms with van der Waals surface area (Å²) in [5.74, 6) is -0.858. The van der Waals surface area contributed by atoms with E-state index in [0.717, 1.165) is 12.8 Å². The lowest BCUT2D eigenvalue weighted by Crippen LogP contribution is -2.54. The van der Waals surface area contributed by atoms with E-state index in [2.05, 4.69) is 5.32 Å². The first-order valence-corrected chi connectivity index (χ1v) is 4.21. The van der Waals surface area contributed by atoms with Gasteiger partial charge in [-0.3, -0.25) is 4.79 Å². The molecule has 2 atom stereocenters. The largest absolute Gasteiger partial charge is 0.480 e. The third-order valence-electron chi connectivity index (χ3n) is 2.61. The van der Waals surface area contributed by atoms with Gasteiger partial charge in [0.1, 0.15) is 5.54 Å². The Morgan fingerprint density at radius 1 is 1.67 bits per heavy atom. The van der Waals surface area contributed by atoms with Crippen LogP contribution in [-0.4, -0.2) is 34.9 Å². The Balaban J connectivity index is 2.71. The lowest BCUT2D eigenvalue weighted by Gasteiger charge is -2.35. The SMILES string of the molecule is CNC1(C(=O)O)CCCC(O)C1. The highest BCUT2D eigenvalue weighted by molar-refractivity contribution is 5.79.